The molecule has 0 aliphatic rings. The predicted molar refractivity (Wildman–Crippen MR) is 135 cm³/mol. The Morgan fingerprint density at radius 2 is 1.89 bits per heavy atom. The highest BCUT2D eigenvalue weighted by atomic mass is 35.5. The van der Waals surface area contributed by atoms with Crippen LogP contribution in [-0.2, 0) is 0 Å². The highest BCUT2D eigenvalue weighted by molar-refractivity contribution is 7.99. The third-order valence-electron chi connectivity index (χ3n) is 4.68. The summed E-state index contributed by atoms with van der Waals surface area (Å²) in [6, 6.07) is 22.4. The first-order valence-electron chi connectivity index (χ1n) is 10.1. The molecule has 0 aliphatic heterocycles. The smallest absolute Gasteiger partial charge is 0.283 e. The molecule has 0 spiro atoms. The number of halogens is 1. The largest absolute Gasteiger partial charge is 0.290 e. The van der Waals surface area contributed by atoms with Crippen LogP contribution in [0.15, 0.2) is 92.5 Å². The van der Waals surface area contributed by atoms with E-state index in [2.05, 4.69) is 20.5 Å². The fourth-order valence-corrected chi connectivity index (χ4v) is 4.10. The number of nitro groups is 1. The zero-order chi connectivity index (χ0) is 24.8. The van der Waals surface area contributed by atoms with Crippen molar-refractivity contribution in [1.29, 1.82) is 5.26 Å². The number of hydrogen-bond acceptors (Lipinski definition) is 8. The number of benzene rings is 3. The molecule has 0 unspecified atom stereocenters. The molecule has 9 nitrogen and oxygen atoms in total. The topological polar surface area (TPSA) is 137 Å². The Morgan fingerprint density at radius 1 is 1.14 bits per heavy atom. The van der Waals surface area contributed by atoms with E-state index in [1.807, 2.05) is 12.1 Å². The van der Waals surface area contributed by atoms with E-state index < -0.39 is 10.5 Å². The van der Waals surface area contributed by atoms with Crippen molar-refractivity contribution >= 4 is 41.2 Å². The quantitative estimate of drug-likeness (QED) is 0.194. The van der Waals surface area contributed by atoms with E-state index in [1.165, 1.54) is 24.0 Å². The van der Waals surface area contributed by atoms with E-state index in [0.717, 1.165) is 4.90 Å². The van der Waals surface area contributed by atoms with Crippen LogP contribution in [0.3, 0.4) is 0 Å². The van der Waals surface area contributed by atoms with Crippen LogP contribution in [0.5, 0.6) is 0 Å². The van der Waals surface area contributed by atoms with Gasteiger partial charge in [0.15, 0.2) is 0 Å². The monoisotopic (exact) mass is 502 g/mol. The van der Waals surface area contributed by atoms with E-state index >= 15 is 0 Å². The van der Waals surface area contributed by atoms with Gasteiger partial charge in [0.1, 0.15) is 11.6 Å². The molecule has 11 heteroatoms. The van der Waals surface area contributed by atoms with Gasteiger partial charge in [-0.25, -0.2) is 10.4 Å². The molecular weight excluding hydrogens is 488 g/mol. The molecule has 1 heterocycles. The molecule has 4 rings (SSSR count). The summed E-state index contributed by atoms with van der Waals surface area (Å²) < 4.78 is 0. The second-order valence-corrected chi connectivity index (χ2v) is 8.58. The van der Waals surface area contributed by atoms with Crippen molar-refractivity contribution in [3.05, 3.63) is 109 Å². The van der Waals surface area contributed by atoms with Crippen LogP contribution in [-0.4, -0.2) is 21.1 Å². The van der Waals surface area contributed by atoms with Crippen LogP contribution >= 0.6 is 23.4 Å². The minimum Gasteiger partial charge on any atom is -0.290 e. The van der Waals surface area contributed by atoms with Gasteiger partial charge in [0, 0.05) is 27.1 Å². The van der Waals surface area contributed by atoms with Crippen LogP contribution in [0, 0.1) is 21.4 Å². The maximum Gasteiger partial charge on any atom is 0.283 e. The predicted octanol–water partition coefficient (Wildman–Crippen LogP) is 5.47. The summed E-state index contributed by atoms with van der Waals surface area (Å²) in [6.45, 7) is 0. The molecule has 1 aromatic heterocycles. The summed E-state index contributed by atoms with van der Waals surface area (Å²) in [5, 5.41) is 25.6. The fourth-order valence-electron chi connectivity index (χ4n) is 3.08. The minimum atomic E-state index is -0.613. The Hall–Kier alpha value is -4.46. The molecule has 0 fully saturated rings. The fraction of sp³-hybridized carbons (Fsp3) is 0. The standard InChI is InChI=1S/C24H15ClN6O3S/c25-17-7-9-18(10-8-17)35-21-11-6-15(12-20(21)31(33)34)14-27-30-24-28-22(16-4-2-1-3-5-16)19(13-26)23(32)29-24/h1-12,14H,(H2,28,29,30,32). The summed E-state index contributed by atoms with van der Waals surface area (Å²) in [7, 11) is 0. The van der Waals surface area contributed by atoms with E-state index in [0.29, 0.717) is 21.0 Å². The van der Waals surface area contributed by atoms with Gasteiger partial charge in [0.2, 0.25) is 5.95 Å². The van der Waals surface area contributed by atoms with Crippen LogP contribution in [0.1, 0.15) is 11.1 Å². The number of hydrogen-bond donors (Lipinski definition) is 2. The van der Waals surface area contributed by atoms with Crippen LogP contribution in [0.2, 0.25) is 5.02 Å². The molecule has 4 aromatic rings. The molecular formula is C24H15ClN6O3S. The van der Waals surface area contributed by atoms with Crippen molar-refractivity contribution < 1.29 is 4.92 Å². The van der Waals surface area contributed by atoms with E-state index in [9.17, 15) is 20.2 Å². The van der Waals surface area contributed by atoms with Crippen molar-refractivity contribution in [2.45, 2.75) is 9.79 Å². The lowest BCUT2D eigenvalue weighted by atomic mass is 10.1. The van der Waals surface area contributed by atoms with Crippen molar-refractivity contribution in [3.63, 3.8) is 0 Å². The van der Waals surface area contributed by atoms with Gasteiger partial charge in [-0.1, -0.05) is 59.8 Å². The number of aromatic amines is 1. The Bertz CT molecular complexity index is 1520. The van der Waals surface area contributed by atoms with Gasteiger partial charge < -0.3 is 0 Å². The molecule has 0 amide bonds. The number of hydrazone groups is 1. The SMILES string of the molecule is N#Cc1c(-c2ccccc2)nc(NN=Cc2ccc(Sc3ccc(Cl)cc3)c([N+](=O)[O-])c2)[nH]c1=O. The lowest BCUT2D eigenvalue weighted by Crippen LogP contribution is -2.16. The molecule has 0 bridgehead atoms. The second kappa shape index (κ2) is 10.6. The summed E-state index contributed by atoms with van der Waals surface area (Å²) >= 11 is 7.15. The lowest BCUT2D eigenvalue weighted by molar-refractivity contribution is -0.387. The van der Waals surface area contributed by atoms with Crippen molar-refractivity contribution in [3.8, 4) is 17.3 Å². The number of nitrogens with zero attached hydrogens (tertiary/aromatic N) is 4. The van der Waals surface area contributed by atoms with Gasteiger partial charge in [-0.2, -0.15) is 10.4 Å². The maximum absolute atomic E-state index is 12.3. The molecule has 0 saturated heterocycles. The highest BCUT2D eigenvalue weighted by Gasteiger charge is 2.16. The lowest BCUT2D eigenvalue weighted by Gasteiger charge is -2.06. The number of nitro benzene ring substituents is 1. The summed E-state index contributed by atoms with van der Waals surface area (Å²) in [6.07, 6.45) is 1.37. The van der Waals surface area contributed by atoms with Gasteiger partial charge in [0.05, 0.1) is 21.7 Å². The Morgan fingerprint density at radius 3 is 2.57 bits per heavy atom. The number of nitrogens with one attached hydrogen (secondary N) is 2. The summed E-state index contributed by atoms with van der Waals surface area (Å²) in [5.74, 6) is 0.0218. The van der Waals surface area contributed by atoms with Gasteiger partial charge in [0.25, 0.3) is 11.2 Å². The average Bonchev–Trinajstić information content (AvgIpc) is 2.86. The van der Waals surface area contributed by atoms with Crippen molar-refractivity contribution in [2.75, 3.05) is 5.43 Å². The van der Waals surface area contributed by atoms with Crippen LogP contribution in [0.25, 0.3) is 11.3 Å². The van der Waals surface area contributed by atoms with E-state index in [-0.39, 0.29) is 22.9 Å². The average molecular weight is 503 g/mol. The second-order valence-electron chi connectivity index (χ2n) is 7.03. The van der Waals surface area contributed by atoms with Gasteiger partial charge in [-0.3, -0.25) is 19.9 Å². The number of H-pyrrole nitrogens is 1. The van der Waals surface area contributed by atoms with Crippen molar-refractivity contribution in [2.24, 2.45) is 5.10 Å². The summed E-state index contributed by atoms with van der Waals surface area (Å²) in [4.78, 5) is 31.5. The Labute approximate surface area is 208 Å². The summed E-state index contributed by atoms with van der Waals surface area (Å²) in [5.41, 5.74) is 3.08. The van der Waals surface area contributed by atoms with Gasteiger partial charge in [-0.15, -0.1) is 0 Å². The zero-order valence-corrected chi connectivity index (χ0v) is 19.4. The first kappa shape index (κ1) is 23.7. The van der Waals surface area contributed by atoms with E-state index in [1.54, 1.807) is 60.7 Å². The normalized spacial score (nSPS) is 10.7. The molecule has 0 saturated carbocycles. The molecule has 172 valence electrons. The molecule has 0 radical (unpaired) electrons. The molecule has 0 atom stereocenters. The van der Waals surface area contributed by atoms with Crippen molar-refractivity contribution in [1.82, 2.24) is 9.97 Å². The third kappa shape index (κ3) is 5.73. The number of anilines is 1. The molecule has 3 aromatic carbocycles. The number of rotatable bonds is 7. The first-order valence-corrected chi connectivity index (χ1v) is 11.2. The first-order chi connectivity index (χ1) is 16.9. The van der Waals surface area contributed by atoms with Crippen LogP contribution < -0.4 is 11.0 Å². The Balaban J connectivity index is 1.56. The maximum atomic E-state index is 12.3. The number of aromatic nitrogens is 2. The van der Waals surface area contributed by atoms with Gasteiger partial charge in [-0.05, 0) is 30.3 Å². The molecule has 35 heavy (non-hydrogen) atoms. The minimum absolute atomic E-state index is 0.0218. The Kier molecular flexibility index (Phi) is 7.21. The van der Waals surface area contributed by atoms with Crippen LogP contribution in [0.4, 0.5) is 11.6 Å². The highest BCUT2D eigenvalue weighted by Crippen LogP contribution is 2.35. The van der Waals surface area contributed by atoms with E-state index in [4.69, 9.17) is 11.6 Å². The van der Waals surface area contributed by atoms with Gasteiger partial charge >= 0.3 is 0 Å². The zero-order valence-electron chi connectivity index (χ0n) is 17.8. The number of nitriles is 1. The third-order valence-corrected chi connectivity index (χ3v) is 6.01. The molecule has 0 aliphatic carbocycles. The molecule has 2 N–H and O–H groups in total.